The van der Waals surface area contributed by atoms with E-state index in [2.05, 4.69) is 15.4 Å². The van der Waals surface area contributed by atoms with Crippen molar-refractivity contribution >= 4 is 23.4 Å². The molecule has 1 aliphatic carbocycles. The predicted octanol–water partition coefficient (Wildman–Crippen LogP) is 4.07. The van der Waals surface area contributed by atoms with Crippen LogP contribution in [0.1, 0.15) is 74.7 Å². The van der Waals surface area contributed by atoms with Gasteiger partial charge in [-0.2, -0.15) is 5.10 Å². The van der Waals surface area contributed by atoms with Crippen molar-refractivity contribution in [2.24, 2.45) is 5.92 Å². The summed E-state index contributed by atoms with van der Waals surface area (Å²) in [5.41, 5.74) is 1.37. The van der Waals surface area contributed by atoms with E-state index < -0.39 is 11.9 Å². The highest BCUT2D eigenvalue weighted by Gasteiger charge is 2.30. The number of fused-ring (bicyclic) bond motifs is 1. The number of rotatable bonds is 8. The van der Waals surface area contributed by atoms with Crippen LogP contribution in [0, 0.1) is 12.8 Å². The molecule has 3 aromatic rings. The number of carbonyl (C=O) groups is 2. The highest BCUT2D eigenvalue weighted by Crippen LogP contribution is 2.34. The number of esters is 1. The van der Waals surface area contributed by atoms with E-state index in [-0.39, 0.29) is 48.7 Å². The Hall–Kier alpha value is -3.67. The number of amides is 1. The summed E-state index contributed by atoms with van der Waals surface area (Å²) in [5, 5.41) is 6.89. The van der Waals surface area contributed by atoms with E-state index in [1.165, 1.54) is 32.5 Å². The van der Waals surface area contributed by atoms with E-state index in [0.717, 1.165) is 31.4 Å². The minimum absolute atomic E-state index is 0.130. The summed E-state index contributed by atoms with van der Waals surface area (Å²) in [7, 11) is 0. The molecule has 37 heavy (non-hydrogen) atoms. The van der Waals surface area contributed by atoms with Gasteiger partial charge in [0.05, 0.1) is 11.8 Å². The van der Waals surface area contributed by atoms with Crippen molar-refractivity contribution in [2.45, 2.75) is 77.1 Å². The number of aryl methyl sites for hydroxylation is 1. The van der Waals surface area contributed by atoms with Crippen molar-refractivity contribution in [1.82, 2.24) is 14.6 Å². The number of hydrogen-bond donors (Lipinski definition) is 1. The molecular weight excluding hydrogens is 484 g/mol. The Morgan fingerprint density at radius 1 is 1.11 bits per heavy atom. The average Bonchev–Trinajstić information content (AvgIpc) is 3.60. The van der Waals surface area contributed by atoms with Crippen LogP contribution in [0.25, 0.3) is 5.52 Å². The largest absolute Gasteiger partial charge is 0.519 e. The molecule has 2 atom stereocenters. The molecule has 5 rings (SSSR count). The van der Waals surface area contributed by atoms with Crippen LogP contribution in [0.4, 0.5) is 10.6 Å². The maximum atomic E-state index is 12.3. The molecule has 1 amide bonds. The first-order valence-corrected chi connectivity index (χ1v) is 12.6. The van der Waals surface area contributed by atoms with Crippen molar-refractivity contribution in [2.75, 3.05) is 11.9 Å². The summed E-state index contributed by atoms with van der Waals surface area (Å²) in [6.07, 6.45) is 8.02. The second-order valence-electron chi connectivity index (χ2n) is 9.51. The summed E-state index contributed by atoms with van der Waals surface area (Å²) in [5.74, 6) is 0.0673. The van der Waals surface area contributed by atoms with Gasteiger partial charge in [-0.15, -0.1) is 0 Å². The molecule has 2 aliphatic rings. The molecule has 0 unspecified atom stereocenters. The van der Waals surface area contributed by atoms with Crippen LogP contribution in [0.2, 0.25) is 0 Å². The van der Waals surface area contributed by atoms with Crippen molar-refractivity contribution in [3.05, 3.63) is 46.3 Å². The van der Waals surface area contributed by atoms with Crippen molar-refractivity contribution in [3.63, 3.8) is 0 Å². The van der Waals surface area contributed by atoms with Crippen LogP contribution in [0.3, 0.4) is 0 Å². The summed E-state index contributed by atoms with van der Waals surface area (Å²) in [4.78, 5) is 39.8. The fourth-order valence-corrected chi connectivity index (χ4v) is 4.98. The molecule has 12 nitrogen and oxygen atoms in total. The summed E-state index contributed by atoms with van der Waals surface area (Å²) < 4.78 is 28.0. The Morgan fingerprint density at radius 3 is 2.73 bits per heavy atom. The SMILES string of the molecule is Cc1oc(=O)oc1COC(=O)Nc1ncnn2c([C@H]3CC[C@@H](COC(=O)CC4CCCCC4)O3)ccc12. The van der Waals surface area contributed by atoms with Gasteiger partial charge in [-0.3, -0.25) is 10.1 Å². The minimum Gasteiger partial charge on any atom is -0.463 e. The molecule has 198 valence electrons. The minimum atomic E-state index is -0.858. The van der Waals surface area contributed by atoms with Crippen LogP contribution in [0.5, 0.6) is 0 Å². The Morgan fingerprint density at radius 2 is 1.95 bits per heavy atom. The summed E-state index contributed by atoms with van der Waals surface area (Å²) in [6.45, 7) is 1.52. The fourth-order valence-electron chi connectivity index (χ4n) is 4.98. The van der Waals surface area contributed by atoms with Gasteiger partial charge in [0, 0.05) is 6.42 Å². The van der Waals surface area contributed by atoms with Gasteiger partial charge in [-0.05, 0) is 50.7 Å². The molecule has 4 heterocycles. The van der Waals surface area contributed by atoms with Gasteiger partial charge in [0.25, 0.3) is 0 Å². The summed E-state index contributed by atoms with van der Waals surface area (Å²) >= 11 is 0. The van der Waals surface area contributed by atoms with E-state index in [1.54, 1.807) is 10.6 Å². The molecular formula is C25H30N4O8. The molecule has 0 spiro atoms. The lowest BCUT2D eigenvalue weighted by Gasteiger charge is -2.21. The van der Waals surface area contributed by atoms with Gasteiger partial charge in [-0.25, -0.2) is 19.1 Å². The number of aromatic nitrogens is 3. The van der Waals surface area contributed by atoms with Gasteiger partial charge < -0.3 is 23.0 Å². The van der Waals surface area contributed by atoms with Crippen LogP contribution >= 0.6 is 0 Å². The van der Waals surface area contributed by atoms with Gasteiger partial charge >= 0.3 is 17.9 Å². The maximum Gasteiger partial charge on any atom is 0.519 e. The molecule has 1 saturated heterocycles. The Kier molecular flexibility index (Phi) is 7.54. The zero-order valence-electron chi connectivity index (χ0n) is 20.6. The highest BCUT2D eigenvalue weighted by atomic mass is 16.6. The predicted molar refractivity (Wildman–Crippen MR) is 128 cm³/mol. The third-order valence-electron chi connectivity index (χ3n) is 6.92. The normalized spacial score (nSPS) is 20.2. The van der Waals surface area contributed by atoms with Gasteiger partial charge in [0.15, 0.2) is 23.9 Å². The van der Waals surface area contributed by atoms with E-state index in [0.29, 0.717) is 17.9 Å². The molecule has 0 bridgehead atoms. The van der Waals surface area contributed by atoms with Crippen molar-refractivity contribution in [3.8, 4) is 0 Å². The van der Waals surface area contributed by atoms with Crippen LogP contribution in [-0.2, 0) is 25.6 Å². The van der Waals surface area contributed by atoms with E-state index in [4.69, 9.17) is 23.0 Å². The van der Waals surface area contributed by atoms with Crippen molar-refractivity contribution < 1.29 is 32.6 Å². The van der Waals surface area contributed by atoms with Crippen molar-refractivity contribution in [1.29, 1.82) is 0 Å². The maximum absolute atomic E-state index is 12.3. The number of nitrogens with zero attached hydrogens (tertiary/aromatic N) is 3. The van der Waals surface area contributed by atoms with Gasteiger partial charge in [-0.1, -0.05) is 19.3 Å². The van der Waals surface area contributed by atoms with Gasteiger partial charge in [0.1, 0.15) is 24.6 Å². The van der Waals surface area contributed by atoms with Gasteiger partial charge in [0.2, 0.25) is 0 Å². The molecule has 3 aromatic heterocycles. The highest BCUT2D eigenvalue weighted by molar-refractivity contribution is 5.88. The zero-order chi connectivity index (χ0) is 25.8. The molecule has 1 N–H and O–H groups in total. The molecule has 0 aromatic carbocycles. The smallest absolute Gasteiger partial charge is 0.463 e. The third-order valence-corrected chi connectivity index (χ3v) is 6.92. The quantitative estimate of drug-likeness (QED) is 0.436. The monoisotopic (exact) mass is 514 g/mol. The van der Waals surface area contributed by atoms with E-state index in [1.807, 2.05) is 6.07 Å². The standard InChI is InChI=1S/C25H30N4O8/c1-15-21(37-25(32)35-15)13-34-24(31)28-23-19-9-8-18(29(19)27-14-26-23)20-10-7-17(36-20)12-33-22(30)11-16-5-3-2-4-6-16/h8-9,14,16-17,20H,2-7,10-13H2,1H3,(H,26,27,28,31)/t17-,20+/m0/s1. The molecule has 12 heteroatoms. The second kappa shape index (κ2) is 11.2. The number of ether oxygens (including phenoxy) is 3. The second-order valence-corrected chi connectivity index (χ2v) is 9.51. The Labute approximate surface area is 212 Å². The molecule has 1 aliphatic heterocycles. The zero-order valence-corrected chi connectivity index (χ0v) is 20.6. The molecule has 1 saturated carbocycles. The number of carbonyl (C=O) groups excluding carboxylic acids is 2. The van der Waals surface area contributed by atoms with Crippen LogP contribution in [-0.4, -0.2) is 39.4 Å². The Bertz CT molecular complexity index is 1310. The first kappa shape index (κ1) is 25.0. The van der Waals surface area contributed by atoms with E-state index >= 15 is 0 Å². The summed E-state index contributed by atoms with van der Waals surface area (Å²) in [6, 6.07) is 3.65. The van der Waals surface area contributed by atoms with Crippen LogP contribution < -0.4 is 11.1 Å². The average molecular weight is 515 g/mol. The fraction of sp³-hybridized carbons (Fsp3) is 0.560. The Balaban J connectivity index is 1.15. The first-order valence-electron chi connectivity index (χ1n) is 12.6. The number of hydrogen-bond acceptors (Lipinski definition) is 10. The molecule has 0 radical (unpaired) electrons. The first-order chi connectivity index (χ1) is 18.0. The lowest BCUT2D eigenvalue weighted by molar-refractivity contribution is -0.149. The third kappa shape index (κ3) is 6.01. The van der Waals surface area contributed by atoms with Crippen LogP contribution in [0.15, 0.2) is 32.1 Å². The van der Waals surface area contributed by atoms with E-state index in [9.17, 15) is 14.4 Å². The lowest BCUT2D eigenvalue weighted by atomic mass is 9.87. The topological polar surface area (TPSA) is 147 Å². The number of nitrogens with one attached hydrogen (secondary N) is 1. The molecule has 2 fully saturated rings. The lowest BCUT2D eigenvalue weighted by Crippen LogP contribution is -2.21. The number of anilines is 1.